The van der Waals surface area contributed by atoms with Gasteiger partial charge in [0.2, 0.25) is 3.79 Å². The molecule has 108 valence electrons. The molecule has 7 heteroatoms. The number of hydrogen-bond donors (Lipinski definition) is 0. The second kappa shape index (κ2) is 9.55. The third kappa shape index (κ3) is 6.36. The molecule has 0 saturated heterocycles. The van der Waals surface area contributed by atoms with Crippen LogP contribution >= 0.6 is 34.8 Å². The molecular weight excluding hydrogens is 432 g/mol. The molecule has 0 heterocycles. The first kappa shape index (κ1) is 22.3. The number of hydrogen-bond acceptors (Lipinski definition) is 0. The van der Waals surface area contributed by atoms with Gasteiger partial charge in [-0.05, 0) is 35.4 Å². The van der Waals surface area contributed by atoms with Crippen molar-refractivity contribution in [2.75, 3.05) is 0 Å². The van der Waals surface area contributed by atoms with E-state index in [0.717, 1.165) is 0 Å². The molecule has 0 aliphatic heterocycles. The van der Waals surface area contributed by atoms with E-state index in [4.69, 9.17) is 34.8 Å². The van der Waals surface area contributed by atoms with Gasteiger partial charge in [0, 0.05) is 0 Å². The zero-order chi connectivity index (χ0) is 14.0. The Balaban J connectivity index is 0.00000200. The van der Waals surface area contributed by atoms with Gasteiger partial charge < -0.3 is 17.0 Å². The van der Waals surface area contributed by atoms with Crippen molar-refractivity contribution < 1.29 is 77.1 Å². The summed E-state index contributed by atoms with van der Waals surface area (Å²) in [6.45, 7) is 0. The van der Waals surface area contributed by atoms with Crippen molar-refractivity contribution in [3.8, 4) is 0 Å². The summed E-state index contributed by atoms with van der Waals surface area (Å²) in [4.78, 5) is 0. The van der Waals surface area contributed by atoms with Gasteiger partial charge in [0.05, 0.1) is 5.92 Å². The van der Waals surface area contributed by atoms with E-state index >= 15 is 0 Å². The van der Waals surface area contributed by atoms with E-state index in [1.807, 2.05) is 0 Å². The van der Waals surface area contributed by atoms with Crippen LogP contribution in [-0.4, -0.2) is 3.79 Å². The van der Waals surface area contributed by atoms with E-state index in [0.29, 0.717) is 11.1 Å². The standard InChI is InChI=1S/C14H9Cl3F2.BrH.K/c15-14(16,17)13(9-1-5-11(18)6-2-9)10-3-7-12(19)8-4-10;;/h1-8,13H;1H;/q;;+1/p-1. The molecule has 2 rings (SSSR count). The van der Waals surface area contributed by atoms with Crippen LogP contribution in [0.2, 0.25) is 0 Å². The fraction of sp³-hybridized carbons (Fsp3) is 0.143. The number of benzene rings is 2. The van der Waals surface area contributed by atoms with Crippen LogP contribution in [0.25, 0.3) is 0 Å². The topological polar surface area (TPSA) is 0 Å². The normalized spacial score (nSPS) is 10.8. The summed E-state index contributed by atoms with van der Waals surface area (Å²) in [7, 11) is 0. The van der Waals surface area contributed by atoms with Gasteiger partial charge in [0.25, 0.3) is 0 Å². The molecule has 0 aromatic heterocycles. The Morgan fingerprint density at radius 3 is 1.24 bits per heavy atom. The quantitative estimate of drug-likeness (QED) is 0.435. The van der Waals surface area contributed by atoms with E-state index in [9.17, 15) is 8.78 Å². The minimum atomic E-state index is -1.62. The van der Waals surface area contributed by atoms with Crippen molar-refractivity contribution in [1.82, 2.24) is 0 Å². The predicted molar refractivity (Wildman–Crippen MR) is 74.9 cm³/mol. The van der Waals surface area contributed by atoms with Crippen LogP contribution in [0.15, 0.2) is 48.5 Å². The molecule has 0 bridgehead atoms. The first-order valence-electron chi connectivity index (χ1n) is 5.45. The van der Waals surface area contributed by atoms with Crippen LogP contribution in [0, 0.1) is 11.6 Å². The van der Waals surface area contributed by atoms with Crippen molar-refractivity contribution in [2.24, 2.45) is 0 Å². The smallest absolute Gasteiger partial charge is 1.00 e. The average Bonchev–Trinajstić information content (AvgIpc) is 2.33. The summed E-state index contributed by atoms with van der Waals surface area (Å²) in [5.41, 5.74) is 1.29. The first-order chi connectivity index (χ1) is 8.88. The summed E-state index contributed by atoms with van der Waals surface area (Å²) in [6.07, 6.45) is 0. The molecule has 21 heavy (non-hydrogen) atoms. The summed E-state index contributed by atoms with van der Waals surface area (Å²) >= 11 is 18.0. The molecule has 2 aromatic carbocycles. The minimum Gasteiger partial charge on any atom is -1.00 e. The third-order valence-corrected chi connectivity index (χ3v) is 3.39. The van der Waals surface area contributed by atoms with Gasteiger partial charge in [0.1, 0.15) is 11.6 Å². The molecule has 0 aliphatic carbocycles. The Morgan fingerprint density at radius 2 is 1.00 bits per heavy atom. The van der Waals surface area contributed by atoms with Crippen LogP contribution < -0.4 is 68.4 Å². The van der Waals surface area contributed by atoms with E-state index < -0.39 is 9.71 Å². The Hall–Kier alpha value is 1.29. The summed E-state index contributed by atoms with van der Waals surface area (Å²) in [5.74, 6) is -1.34. The van der Waals surface area contributed by atoms with Crippen LogP contribution in [-0.2, 0) is 0 Å². The molecule has 0 nitrogen and oxygen atoms in total. The van der Waals surface area contributed by atoms with Gasteiger partial charge in [-0.15, -0.1) is 0 Å². The second-order valence-corrected chi connectivity index (χ2v) is 6.45. The SMILES string of the molecule is Fc1ccc(C(c2ccc(F)cc2)C(Cl)(Cl)Cl)cc1.[Br-].[K+]. The van der Waals surface area contributed by atoms with Crippen molar-refractivity contribution in [3.63, 3.8) is 0 Å². The second-order valence-electron chi connectivity index (χ2n) is 4.08. The summed E-state index contributed by atoms with van der Waals surface area (Å²) in [5, 5.41) is 0. The van der Waals surface area contributed by atoms with Crippen molar-refractivity contribution in [2.45, 2.75) is 9.71 Å². The van der Waals surface area contributed by atoms with Crippen molar-refractivity contribution in [3.05, 3.63) is 71.3 Å². The van der Waals surface area contributed by atoms with Crippen molar-refractivity contribution >= 4 is 34.8 Å². The monoisotopic (exact) mass is 438 g/mol. The number of rotatable bonds is 2. The third-order valence-electron chi connectivity index (χ3n) is 2.73. The van der Waals surface area contributed by atoms with E-state index in [1.54, 1.807) is 24.3 Å². The van der Waals surface area contributed by atoms with Crippen LogP contribution in [0.3, 0.4) is 0 Å². The Labute approximate surface area is 190 Å². The van der Waals surface area contributed by atoms with Gasteiger partial charge in [-0.2, -0.15) is 0 Å². The first-order valence-corrected chi connectivity index (χ1v) is 6.59. The number of alkyl halides is 3. The molecular formula is C14H9BrCl3F2K. The molecule has 0 N–H and O–H groups in total. The molecule has 0 aliphatic rings. The molecule has 2 aromatic rings. The molecule has 0 unspecified atom stereocenters. The molecule has 0 fully saturated rings. The Kier molecular flexibility index (Phi) is 10.1. The maximum absolute atomic E-state index is 13.0. The molecule has 0 saturated carbocycles. The maximum atomic E-state index is 13.0. The average molecular weight is 441 g/mol. The molecule has 0 radical (unpaired) electrons. The van der Waals surface area contributed by atoms with E-state index in [-0.39, 0.29) is 80.0 Å². The fourth-order valence-electron chi connectivity index (χ4n) is 1.88. The fourth-order valence-corrected chi connectivity index (χ4v) is 2.64. The predicted octanol–water partition coefficient (Wildman–Crippen LogP) is -0.525. The van der Waals surface area contributed by atoms with Gasteiger partial charge >= 0.3 is 51.4 Å². The van der Waals surface area contributed by atoms with Crippen LogP contribution in [0.5, 0.6) is 0 Å². The van der Waals surface area contributed by atoms with Gasteiger partial charge in [-0.1, -0.05) is 59.1 Å². The summed E-state index contributed by atoms with van der Waals surface area (Å²) in [6, 6.07) is 11.4. The van der Waals surface area contributed by atoms with Crippen molar-refractivity contribution in [1.29, 1.82) is 0 Å². The largest absolute Gasteiger partial charge is 1.00 e. The van der Waals surface area contributed by atoms with Crippen LogP contribution in [0.4, 0.5) is 8.78 Å². The minimum absolute atomic E-state index is 0. The van der Waals surface area contributed by atoms with Gasteiger partial charge in [-0.3, -0.25) is 0 Å². The molecule has 0 amide bonds. The van der Waals surface area contributed by atoms with Gasteiger partial charge in [0.15, 0.2) is 0 Å². The van der Waals surface area contributed by atoms with E-state index in [1.165, 1.54) is 24.3 Å². The van der Waals surface area contributed by atoms with Gasteiger partial charge in [-0.25, -0.2) is 8.78 Å². The van der Waals surface area contributed by atoms with Crippen LogP contribution in [0.1, 0.15) is 17.0 Å². The number of halogens is 6. The Morgan fingerprint density at radius 1 is 0.714 bits per heavy atom. The molecule has 0 spiro atoms. The van der Waals surface area contributed by atoms with E-state index in [2.05, 4.69) is 0 Å². The molecule has 0 atom stereocenters. The maximum Gasteiger partial charge on any atom is 1.00 e. The Bertz CT molecular complexity index is 510. The zero-order valence-corrected chi connectivity index (χ0v) is 17.9. The summed E-state index contributed by atoms with van der Waals surface area (Å²) < 4.78 is 24.3. The zero-order valence-electron chi connectivity index (χ0n) is 11.0.